The highest BCUT2D eigenvalue weighted by Gasteiger charge is 2.28. The third-order valence-corrected chi connectivity index (χ3v) is 4.89. The van der Waals surface area contributed by atoms with Crippen molar-refractivity contribution in [3.8, 4) is 0 Å². The predicted molar refractivity (Wildman–Crippen MR) is 79.1 cm³/mol. The van der Waals surface area contributed by atoms with Crippen molar-refractivity contribution in [2.75, 3.05) is 21.9 Å². The first-order chi connectivity index (χ1) is 9.38. The number of rotatable bonds is 4. The SMILES string of the molecule is CC(N)CC(=O)Nc1cccc(N2CCCS2(=O)=O)c1. The fourth-order valence-corrected chi connectivity index (χ4v) is 3.73. The fourth-order valence-electron chi connectivity index (χ4n) is 2.17. The van der Waals surface area contributed by atoms with E-state index in [1.54, 1.807) is 31.2 Å². The Morgan fingerprint density at radius 1 is 1.50 bits per heavy atom. The average Bonchev–Trinajstić information content (AvgIpc) is 2.68. The third kappa shape index (κ3) is 3.49. The molecule has 3 N–H and O–H groups in total. The molecule has 2 rings (SSSR count). The summed E-state index contributed by atoms with van der Waals surface area (Å²) in [7, 11) is -3.20. The van der Waals surface area contributed by atoms with E-state index in [4.69, 9.17) is 5.73 Å². The van der Waals surface area contributed by atoms with Crippen LogP contribution in [0, 0.1) is 0 Å². The first-order valence-corrected chi connectivity index (χ1v) is 8.15. The van der Waals surface area contributed by atoms with Gasteiger partial charge in [-0.3, -0.25) is 9.10 Å². The number of carbonyl (C=O) groups is 1. The molecule has 1 amide bonds. The quantitative estimate of drug-likeness (QED) is 0.863. The van der Waals surface area contributed by atoms with Gasteiger partial charge in [0.15, 0.2) is 0 Å². The van der Waals surface area contributed by atoms with E-state index in [0.29, 0.717) is 24.3 Å². The van der Waals surface area contributed by atoms with E-state index in [9.17, 15) is 13.2 Å². The Bertz CT molecular complexity index is 599. The van der Waals surface area contributed by atoms with Crippen molar-refractivity contribution in [2.45, 2.75) is 25.8 Å². The minimum absolute atomic E-state index is 0.175. The number of hydrogen-bond acceptors (Lipinski definition) is 4. The maximum atomic E-state index is 11.9. The van der Waals surface area contributed by atoms with Gasteiger partial charge in [-0.25, -0.2) is 8.42 Å². The van der Waals surface area contributed by atoms with Crippen LogP contribution in [0.25, 0.3) is 0 Å². The molecule has 1 heterocycles. The van der Waals surface area contributed by atoms with Gasteiger partial charge in [0.2, 0.25) is 15.9 Å². The van der Waals surface area contributed by atoms with Crippen molar-refractivity contribution in [2.24, 2.45) is 5.73 Å². The van der Waals surface area contributed by atoms with E-state index in [-0.39, 0.29) is 24.1 Å². The number of anilines is 2. The Kier molecular flexibility index (Phi) is 4.29. The summed E-state index contributed by atoms with van der Waals surface area (Å²) in [6.07, 6.45) is 0.857. The van der Waals surface area contributed by atoms with Gasteiger partial charge in [0.25, 0.3) is 0 Å². The Hall–Kier alpha value is -1.60. The van der Waals surface area contributed by atoms with Crippen molar-refractivity contribution in [1.82, 2.24) is 0 Å². The molecular weight excluding hydrogens is 278 g/mol. The molecule has 1 aromatic carbocycles. The maximum Gasteiger partial charge on any atom is 0.235 e. The fraction of sp³-hybridized carbons (Fsp3) is 0.462. The first kappa shape index (κ1) is 14.8. The highest BCUT2D eigenvalue weighted by molar-refractivity contribution is 7.93. The van der Waals surface area contributed by atoms with E-state index < -0.39 is 10.0 Å². The lowest BCUT2D eigenvalue weighted by Crippen LogP contribution is -2.26. The number of sulfonamides is 1. The molecule has 0 spiro atoms. The summed E-state index contributed by atoms with van der Waals surface area (Å²) < 4.78 is 25.1. The number of nitrogens with one attached hydrogen (secondary N) is 1. The third-order valence-electron chi connectivity index (χ3n) is 3.02. The minimum atomic E-state index is -3.20. The van der Waals surface area contributed by atoms with E-state index in [1.165, 1.54) is 4.31 Å². The second-order valence-corrected chi connectivity index (χ2v) is 7.03. The molecule has 1 atom stereocenters. The summed E-state index contributed by atoms with van der Waals surface area (Å²) in [6.45, 7) is 2.24. The molecular formula is C13H19N3O3S. The smallest absolute Gasteiger partial charge is 0.235 e. The van der Waals surface area contributed by atoms with Gasteiger partial charge in [0.1, 0.15) is 0 Å². The Morgan fingerprint density at radius 3 is 2.85 bits per heavy atom. The Balaban J connectivity index is 2.14. The van der Waals surface area contributed by atoms with Crippen LogP contribution in [0.2, 0.25) is 0 Å². The minimum Gasteiger partial charge on any atom is -0.327 e. The molecule has 6 nitrogen and oxygen atoms in total. The second-order valence-electron chi connectivity index (χ2n) is 5.02. The number of carbonyl (C=O) groups excluding carboxylic acids is 1. The van der Waals surface area contributed by atoms with Crippen molar-refractivity contribution in [3.05, 3.63) is 24.3 Å². The molecule has 1 aliphatic heterocycles. The summed E-state index contributed by atoms with van der Waals surface area (Å²) in [5.74, 6) is -0.00436. The molecule has 1 aliphatic rings. The zero-order chi connectivity index (χ0) is 14.8. The summed E-state index contributed by atoms with van der Waals surface area (Å²) in [5.41, 5.74) is 6.73. The summed E-state index contributed by atoms with van der Waals surface area (Å²) in [6, 6.07) is 6.64. The van der Waals surface area contributed by atoms with Gasteiger partial charge >= 0.3 is 0 Å². The lowest BCUT2D eigenvalue weighted by Gasteiger charge is -2.18. The highest BCUT2D eigenvalue weighted by Crippen LogP contribution is 2.26. The molecule has 7 heteroatoms. The van der Waals surface area contributed by atoms with Crippen LogP contribution in [-0.2, 0) is 14.8 Å². The topological polar surface area (TPSA) is 92.5 Å². The molecule has 0 aliphatic carbocycles. The number of amides is 1. The molecule has 1 saturated heterocycles. The first-order valence-electron chi connectivity index (χ1n) is 6.54. The normalized spacial score (nSPS) is 18.8. The van der Waals surface area contributed by atoms with Crippen molar-refractivity contribution in [1.29, 1.82) is 0 Å². The Morgan fingerprint density at radius 2 is 2.25 bits per heavy atom. The van der Waals surface area contributed by atoms with Gasteiger partial charge in [-0.15, -0.1) is 0 Å². The molecule has 20 heavy (non-hydrogen) atoms. The monoisotopic (exact) mass is 297 g/mol. The van der Waals surface area contributed by atoms with Gasteiger partial charge < -0.3 is 11.1 Å². The maximum absolute atomic E-state index is 11.9. The van der Waals surface area contributed by atoms with Crippen LogP contribution in [0.3, 0.4) is 0 Å². The summed E-state index contributed by atoms with van der Waals surface area (Å²) >= 11 is 0. The van der Waals surface area contributed by atoms with E-state index in [1.807, 2.05) is 0 Å². The zero-order valence-corrected chi connectivity index (χ0v) is 12.2. The van der Waals surface area contributed by atoms with Gasteiger partial charge in [0.05, 0.1) is 11.4 Å². The standard InChI is InChI=1S/C13H19N3O3S/c1-10(14)8-13(17)15-11-4-2-5-12(9-11)16-6-3-7-20(16,18)19/h2,4-5,9-10H,3,6-8,14H2,1H3,(H,15,17). The van der Waals surface area contributed by atoms with Crippen molar-refractivity contribution < 1.29 is 13.2 Å². The van der Waals surface area contributed by atoms with Gasteiger partial charge in [-0.05, 0) is 31.5 Å². The van der Waals surface area contributed by atoms with Crippen molar-refractivity contribution >= 4 is 27.3 Å². The summed E-state index contributed by atoms with van der Waals surface area (Å²) in [5, 5.41) is 2.72. The molecule has 0 bridgehead atoms. The second kappa shape index (κ2) is 5.80. The van der Waals surface area contributed by atoms with E-state index in [2.05, 4.69) is 5.32 Å². The predicted octanol–water partition coefficient (Wildman–Crippen LogP) is 0.902. The Labute approximate surface area is 119 Å². The van der Waals surface area contributed by atoms with Crippen LogP contribution >= 0.6 is 0 Å². The molecule has 110 valence electrons. The molecule has 1 aromatic rings. The largest absolute Gasteiger partial charge is 0.327 e. The molecule has 1 unspecified atom stereocenters. The van der Waals surface area contributed by atoms with Crippen LogP contribution in [0.1, 0.15) is 19.8 Å². The number of benzene rings is 1. The molecule has 0 saturated carbocycles. The van der Waals surface area contributed by atoms with Crippen LogP contribution < -0.4 is 15.4 Å². The van der Waals surface area contributed by atoms with Gasteiger partial charge in [-0.1, -0.05) is 6.07 Å². The van der Waals surface area contributed by atoms with Gasteiger partial charge in [-0.2, -0.15) is 0 Å². The average molecular weight is 297 g/mol. The molecule has 1 fully saturated rings. The lowest BCUT2D eigenvalue weighted by atomic mass is 10.2. The van der Waals surface area contributed by atoms with Gasteiger partial charge in [0, 0.05) is 24.7 Å². The van der Waals surface area contributed by atoms with Crippen LogP contribution in [0.15, 0.2) is 24.3 Å². The van der Waals surface area contributed by atoms with E-state index in [0.717, 1.165) is 0 Å². The highest BCUT2D eigenvalue weighted by atomic mass is 32.2. The van der Waals surface area contributed by atoms with Crippen LogP contribution in [0.5, 0.6) is 0 Å². The van der Waals surface area contributed by atoms with Crippen LogP contribution in [0.4, 0.5) is 11.4 Å². The van der Waals surface area contributed by atoms with E-state index >= 15 is 0 Å². The number of nitrogens with two attached hydrogens (primary N) is 1. The van der Waals surface area contributed by atoms with Crippen molar-refractivity contribution in [3.63, 3.8) is 0 Å². The molecule has 0 aromatic heterocycles. The lowest BCUT2D eigenvalue weighted by molar-refractivity contribution is -0.116. The van der Waals surface area contributed by atoms with Crippen LogP contribution in [-0.4, -0.2) is 32.7 Å². The molecule has 0 radical (unpaired) electrons. The number of hydrogen-bond donors (Lipinski definition) is 2. The zero-order valence-electron chi connectivity index (χ0n) is 11.4. The summed E-state index contributed by atoms with van der Waals surface area (Å²) in [4.78, 5) is 11.7. The number of nitrogens with zero attached hydrogens (tertiary/aromatic N) is 1.